The summed E-state index contributed by atoms with van der Waals surface area (Å²) < 4.78 is 14.0. The summed E-state index contributed by atoms with van der Waals surface area (Å²) in [6.45, 7) is 0. The van der Waals surface area contributed by atoms with Crippen molar-refractivity contribution in [1.29, 1.82) is 0 Å². The van der Waals surface area contributed by atoms with Gasteiger partial charge in [-0.05, 0) is 37.0 Å². The Bertz CT molecular complexity index is 912. The van der Waals surface area contributed by atoms with Crippen molar-refractivity contribution in [2.75, 3.05) is 0 Å². The number of H-pyrrole nitrogens is 1. The van der Waals surface area contributed by atoms with Gasteiger partial charge in [0.2, 0.25) is 0 Å². The molecule has 2 heterocycles. The van der Waals surface area contributed by atoms with E-state index < -0.39 is 5.91 Å². The van der Waals surface area contributed by atoms with Crippen LogP contribution in [0.1, 0.15) is 28.2 Å². The summed E-state index contributed by atoms with van der Waals surface area (Å²) in [7, 11) is 0. The Balaban J connectivity index is 1.74. The predicted molar refractivity (Wildman–Crippen MR) is 82.8 cm³/mol. The number of primary amides is 1. The van der Waals surface area contributed by atoms with Crippen LogP contribution in [0.3, 0.4) is 0 Å². The summed E-state index contributed by atoms with van der Waals surface area (Å²) in [6, 6.07) is 9.22. The number of aromatic amines is 1. The van der Waals surface area contributed by atoms with Crippen molar-refractivity contribution in [2.45, 2.75) is 19.3 Å². The van der Waals surface area contributed by atoms with Crippen molar-refractivity contribution < 1.29 is 9.18 Å². The fraction of sp³-hybridized carbons (Fsp3) is 0.188. The molecule has 0 saturated carbocycles. The number of nitrogens with two attached hydrogens (primary N) is 1. The lowest BCUT2D eigenvalue weighted by atomic mass is 10.1. The number of aromatic nitrogens is 3. The normalized spacial score (nSPS) is 11.0. The molecule has 0 spiro atoms. The molecule has 23 heavy (non-hydrogen) atoms. The number of rotatable bonds is 5. The summed E-state index contributed by atoms with van der Waals surface area (Å²) in [5, 5.41) is 2.61. The number of nitrogens with zero attached hydrogens (tertiary/aromatic N) is 2. The molecular formula is C16H15FN4O2. The average molecular weight is 314 g/mol. The number of carbonyl (C=O) groups is 1. The van der Waals surface area contributed by atoms with Crippen molar-refractivity contribution in [1.82, 2.24) is 14.6 Å². The minimum absolute atomic E-state index is 0.137. The number of amides is 1. The third kappa shape index (κ3) is 3.28. The molecule has 1 amide bonds. The maximum atomic E-state index is 12.8. The zero-order chi connectivity index (χ0) is 16.4. The van der Waals surface area contributed by atoms with Crippen LogP contribution in [0.25, 0.3) is 5.65 Å². The molecule has 3 aromatic rings. The molecule has 1 aromatic carbocycles. The van der Waals surface area contributed by atoms with Crippen LogP contribution in [-0.4, -0.2) is 20.5 Å². The lowest BCUT2D eigenvalue weighted by molar-refractivity contribution is 0.0995. The fourth-order valence-electron chi connectivity index (χ4n) is 2.42. The number of benzene rings is 1. The maximum Gasteiger partial charge on any atom is 0.272 e. The lowest BCUT2D eigenvalue weighted by Gasteiger charge is -2.02. The Morgan fingerprint density at radius 1 is 1.22 bits per heavy atom. The van der Waals surface area contributed by atoms with Crippen LogP contribution in [0.4, 0.5) is 4.39 Å². The minimum Gasteiger partial charge on any atom is -0.364 e. The third-order valence-corrected chi connectivity index (χ3v) is 3.58. The smallest absolute Gasteiger partial charge is 0.272 e. The second kappa shape index (κ2) is 6.04. The van der Waals surface area contributed by atoms with Gasteiger partial charge >= 0.3 is 0 Å². The highest BCUT2D eigenvalue weighted by atomic mass is 19.1. The Labute approximate surface area is 130 Å². The molecule has 0 aliphatic carbocycles. The van der Waals surface area contributed by atoms with E-state index in [1.165, 1.54) is 28.8 Å². The number of carbonyl (C=O) groups excluding carboxylic acids is 1. The second-order valence-electron chi connectivity index (χ2n) is 5.29. The molecule has 2 aromatic heterocycles. The van der Waals surface area contributed by atoms with Gasteiger partial charge in [-0.25, -0.2) is 13.9 Å². The molecule has 3 N–H and O–H groups in total. The van der Waals surface area contributed by atoms with E-state index in [4.69, 9.17) is 5.73 Å². The van der Waals surface area contributed by atoms with Gasteiger partial charge in [0.1, 0.15) is 11.5 Å². The third-order valence-electron chi connectivity index (χ3n) is 3.58. The topological polar surface area (TPSA) is 93.2 Å². The molecule has 0 radical (unpaired) electrons. The van der Waals surface area contributed by atoms with Crippen LogP contribution in [0.15, 0.2) is 41.2 Å². The molecule has 0 fully saturated rings. The Morgan fingerprint density at radius 3 is 2.65 bits per heavy atom. The highest BCUT2D eigenvalue weighted by molar-refractivity contribution is 5.91. The molecular weight excluding hydrogens is 299 g/mol. The summed E-state index contributed by atoms with van der Waals surface area (Å²) in [4.78, 5) is 27.5. The van der Waals surface area contributed by atoms with Gasteiger partial charge in [-0.2, -0.15) is 0 Å². The first-order chi connectivity index (χ1) is 11.0. The van der Waals surface area contributed by atoms with Crippen LogP contribution in [0.5, 0.6) is 0 Å². The van der Waals surface area contributed by atoms with Crippen molar-refractivity contribution in [3.8, 4) is 0 Å². The monoisotopic (exact) mass is 314 g/mol. The number of halogens is 1. The van der Waals surface area contributed by atoms with Crippen molar-refractivity contribution in [2.24, 2.45) is 5.73 Å². The molecule has 0 saturated heterocycles. The van der Waals surface area contributed by atoms with Gasteiger partial charge in [0.05, 0.1) is 0 Å². The summed E-state index contributed by atoms with van der Waals surface area (Å²) in [5.74, 6) is -0.903. The summed E-state index contributed by atoms with van der Waals surface area (Å²) in [5.41, 5.74) is 7.06. The number of hydrogen-bond acceptors (Lipinski definition) is 3. The van der Waals surface area contributed by atoms with Gasteiger partial charge in [-0.15, -0.1) is 0 Å². The highest BCUT2D eigenvalue weighted by Crippen LogP contribution is 2.09. The van der Waals surface area contributed by atoms with E-state index in [1.807, 2.05) is 0 Å². The fourth-order valence-corrected chi connectivity index (χ4v) is 2.42. The summed E-state index contributed by atoms with van der Waals surface area (Å²) >= 11 is 0. The van der Waals surface area contributed by atoms with E-state index in [1.54, 1.807) is 12.1 Å². The van der Waals surface area contributed by atoms with E-state index in [9.17, 15) is 14.0 Å². The lowest BCUT2D eigenvalue weighted by Crippen LogP contribution is -2.17. The maximum absolute atomic E-state index is 12.8. The Kier molecular flexibility index (Phi) is 3.92. The highest BCUT2D eigenvalue weighted by Gasteiger charge is 2.09. The van der Waals surface area contributed by atoms with Gasteiger partial charge in [-0.1, -0.05) is 12.1 Å². The average Bonchev–Trinajstić information content (AvgIpc) is 2.94. The quantitative estimate of drug-likeness (QED) is 0.746. The predicted octanol–water partition coefficient (Wildman–Crippen LogP) is 1.44. The number of hydrogen-bond donors (Lipinski definition) is 2. The van der Waals surface area contributed by atoms with E-state index in [2.05, 4.69) is 10.1 Å². The van der Waals surface area contributed by atoms with Crippen molar-refractivity contribution in [3.63, 3.8) is 0 Å². The van der Waals surface area contributed by atoms with Gasteiger partial charge < -0.3 is 5.73 Å². The van der Waals surface area contributed by atoms with Crippen LogP contribution >= 0.6 is 0 Å². The molecule has 0 aliphatic rings. The van der Waals surface area contributed by atoms with Crippen LogP contribution in [-0.2, 0) is 12.8 Å². The zero-order valence-corrected chi connectivity index (χ0v) is 12.3. The van der Waals surface area contributed by atoms with E-state index >= 15 is 0 Å². The first-order valence-corrected chi connectivity index (χ1v) is 7.19. The van der Waals surface area contributed by atoms with Crippen LogP contribution in [0.2, 0.25) is 0 Å². The standard InChI is InChI=1S/C16H15FN4O2/c17-11-6-4-10(5-7-11)2-1-3-12-8-15(22)21-14(19-12)9-13(20-21)16(18)23/h4-9,20H,1-3H2,(H2,18,23). The van der Waals surface area contributed by atoms with Gasteiger partial charge in [0.25, 0.3) is 11.5 Å². The van der Waals surface area contributed by atoms with Crippen LogP contribution < -0.4 is 11.3 Å². The molecule has 0 unspecified atom stereocenters. The minimum atomic E-state index is -0.646. The van der Waals surface area contributed by atoms with Crippen molar-refractivity contribution in [3.05, 3.63) is 69.5 Å². The molecule has 3 rings (SSSR count). The molecule has 0 bridgehead atoms. The van der Waals surface area contributed by atoms with E-state index in [0.717, 1.165) is 18.4 Å². The molecule has 0 aliphatic heterocycles. The SMILES string of the molecule is NC(=O)c1cc2nc(CCCc3ccc(F)cc3)cc(=O)n2[nH]1. The molecule has 6 nitrogen and oxygen atoms in total. The van der Waals surface area contributed by atoms with Gasteiger partial charge in [0, 0.05) is 17.8 Å². The van der Waals surface area contributed by atoms with E-state index in [0.29, 0.717) is 17.8 Å². The number of nitrogens with one attached hydrogen (secondary N) is 1. The Morgan fingerprint density at radius 2 is 1.96 bits per heavy atom. The molecule has 118 valence electrons. The molecule has 0 atom stereocenters. The summed E-state index contributed by atoms with van der Waals surface area (Å²) in [6.07, 6.45) is 2.16. The number of fused-ring (bicyclic) bond motifs is 1. The number of aryl methyl sites for hydroxylation is 2. The van der Waals surface area contributed by atoms with Gasteiger partial charge in [-0.3, -0.25) is 14.7 Å². The Hall–Kier alpha value is -2.96. The van der Waals surface area contributed by atoms with Gasteiger partial charge in [0.15, 0.2) is 5.65 Å². The van der Waals surface area contributed by atoms with Crippen LogP contribution in [0, 0.1) is 5.82 Å². The second-order valence-corrected chi connectivity index (χ2v) is 5.29. The first kappa shape index (κ1) is 15.0. The zero-order valence-electron chi connectivity index (χ0n) is 12.3. The van der Waals surface area contributed by atoms with Crippen molar-refractivity contribution >= 4 is 11.6 Å². The first-order valence-electron chi connectivity index (χ1n) is 7.19. The van der Waals surface area contributed by atoms with E-state index in [-0.39, 0.29) is 17.1 Å². The molecule has 7 heteroatoms. The largest absolute Gasteiger partial charge is 0.364 e.